The number of ketones is 1. The molecule has 98 valence electrons. The fourth-order valence-electron chi connectivity index (χ4n) is 1.62. The Hall–Kier alpha value is -2.23. The molecule has 0 saturated heterocycles. The zero-order chi connectivity index (χ0) is 13.7. The highest BCUT2D eigenvalue weighted by atomic mass is 19.3. The van der Waals surface area contributed by atoms with E-state index in [0.717, 1.165) is 0 Å². The molecule has 0 radical (unpaired) electrons. The summed E-state index contributed by atoms with van der Waals surface area (Å²) in [5, 5.41) is 0. The van der Waals surface area contributed by atoms with Gasteiger partial charge >= 0.3 is 0 Å². The number of halogens is 2. The van der Waals surface area contributed by atoms with Crippen LogP contribution in [0.2, 0.25) is 0 Å². The van der Waals surface area contributed by atoms with Crippen LogP contribution in [0.15, 0.2) is 54.6 Å². The number of hydrogen-bond donors (Lipinski definition) is 0. The molecule has 0 aliphatic heterocycles. The van der Waals surface area contributed by atoms with E-state index in [1.165, 1.54) is 12.1 Å². The van der Waals surface area contributed by atoms with Crippen LogP contribution in [0.5, 0.6) is 5.75 Å². The summed E-state index contributed by atoms with van der Waals surface area (Å²) in [7, 11) is 0. The van der Waals surface area contributed by atoms with Crippen molar-refractivity contribution < 1.29 is 18.3 Å². The van der Waals surface area contributed by atoms with Gasteiger partial charge in [-0.2, -0.15) is 0 Å². The second-order valence-electron chi connectivity index (χ2n) is 3.92. The molecular formula is C15H12F2O2. The molecular weight excluding hydrogens is 250 g/mol. The Balaban J connectivity index is 2.08. The van der Waals surface area contributed by atoms with Crippen LogP contribution < -0.4 is 4.74 Å². The average Bonchev–Trinajstić information content (AvgIpc) is 2.46. The maximum Gasteiger partial charge on any atom is 0.272 e. The molecule has 0 aliphatic carbocycles. The molecule has 2 aromatic rings. The number of alkyl halides is 2. The summed E-state index contributed by atoms with van der Waals surface area (Å²) >= 11 is 0. The Morgan fingerprint density at radius 2 is 1.53 bits per heavy atom. The van der Waals surface area contributed by atoms with Gasteiger partial charge in [0.2, 0.25) is 0 Å². The van der Waals surface area contributed by atoms with E-state index in [-0.39, 0.29) is 5.78 Å². The molecule has 0 atom stereocenters. The lowest BCUT2D eigenvalue weighted by Gasteiger charge is -2.06. The smallest absolute Gasteiger partial charge is 0.272 e. The standard InChI is InChI=1S/C15H12F2O2/c16-14(17)10-19-13-8-6-12(7-9-13)15(18)11-4-2-1-3-5-11/h1-9,14H,10H2. The van der Waals surface area contributed by atoms with Crippen LogP contribution in [0, 0.1) is 0 Å². The fourth-order valence-corrected chi connectivity index (χ4v) is 1.62. The van der Waals surface area contributed by atoms with Crippen molar-refractivity contribution in [2.75, 3.05) is 6.61 Å². The molecule has 19 heavy (non-hydrogen) atoms. The normalized spacial score (nSPS) is 10.5. The summed E-state index contributed by atoms with van der Waals surface area (Å²) in [5.41, 5.74) is 1.08. The van der Waals surface area contributed by atoms with Gasteiger partial charge in [-0.1, -0.05) is 30.3 Å². The summed E-state index contributed by atoms with van der Waals surface area (Å²) < 4.78 is 28.8. The first-order chi connectivity index (χ1) is 9.16. The molecule has 0 heterocycles. The number of ether oxygens (including phenoxy) is 1. The van der Waals surface area contributed by atoms with Crippen LogP contribution in [0.25, 0.3) is 0 Å². The fraction of sp³-hybridized carbons (Fsp3) is 0.133. The van der Waals surface area contributed by atoms with Crippen LogP contribution in [0.1, 0.15) is 15.9 Å². The van der Waals surface area contributed by atoms with Crippen LogP contribution in [0.4, 0.5) is 8.78 Å². The van der Waals surface area contributed by atoms with Crippen molar-refractivity contribution in [1.82, 2.24) is 0 Å². The maximum absolute atomic E-state index is 12.1. The molecule has 0 spiro atoms. The first kappa shape index (κ1) is 13.2. The Labute approximate surface area is 109 Å². The Morgan fingerprint density at radius 3 is 2.11 bits per heavy atom. The highest BCUT2D eigenvalue weighted by Gasteiger charge is 2.09. The molecule has 2 rings (SSSR count). The van der Waals surface area contributed by atoms with Crippen LogP contribution in [0.3, 0.4) is 0 Å². The quantitative estimate of drug-likeness (QED) is 0.770. The van der Waals surface area contributed by atoms with Crippen molar-refractivity contribution in [2.24, 2.45) is 0 Å². The lowest BCUT2D eigenvalue weighted by Crippen LogP contribution is -2.07. The summed E-state index contributed by atoms with van der Waals surface area (Å²) in [6.07, 6.45) is -2.51. The Kier molecular flexibility index (Phi) is 4.23. The average molecular weight is 262 g/mol. The minimum atomic E-state index is -2.51. The third kappa shape index (κ3) is 3.61. The van der Waals surface area contributed by atoms with Gasteiger partial charge in [0.25, 0.3) is 6.43 Å². The predicted octanol–water partition coefficient (Wildman–Crippen LogP) is 3.56. The zero-order valence-electron chi connectivity index (χ0n) is 10.1. The molecule has 0 N–H and O–H groups in total. The van der Waals surface area contributed by atoms with Gasteiger partial charge in [-0.05, 0) is 24.3 Å². The van der Waals surface area contributed by atoms with Crippen molar-refractivity contribution in [3.8, 4) is 5.75 Å². The van der Waals surface area contributed by atoms with Gasteiger partial charge in [-0.25, -0.2) is 8.78 Å². The number of hydrogen-bond acceptors (Lipinski definition) is 2. The summed E-state index contributed by atoms with van der Waals surface area (Å²) in [5.74, 6) is 0.214. The van der Waals surface area contributed by atoms with E-state index in [9.17, 15) is 13.6 Å². The SMILES string of the molecule is O=C(c1ccccc1)c1ccc(OCC(F)F)cc1. The minimum Gasteiger partial charge on any atom is -0.488 e. The van der Waals surface area contributed by atoms with E-state index in [0.29, 0.717) is 16.9 Å². The molecule has 0 aromatic heterocycles. The number of rotatable bonds is 5. The first-order valence-corrected chi connectivity index (χ1v) is 5.77. The molecule has 0 aliphatic rings. The number of carbonyl (C=O) groups is 1. The molecule has 0 saturated carbocycles. The molecule has 0 unspecified atom stereocenters. The van der Waals surface area contributed by atoms with Crippen molar-refractivity contribution >= 4 is 5.78 Å². The first-order valence-electron chi connectivity index (χ1n) is 5.77. The van der Waals surface area contributed by atoms with E-state index in [2.05, 4.69) is 0 Å². The van der Waals surface area contributed by atoms with Gasteiger partial charge < -0.3 is 4.74 Å². The summed E-state index contributed by atoms with van der Waals surface area (Å²) in [6.45, 7) is -0.647. The lowest BCUT2D eigenvalue weighted by molar-refractivity contribution is 0.0818. The van der Waals surface area contributed by atoms with Crippen molar-refractivity contribution in [2.45, 2.75) is 6.43 Å². The van der Waals surface area contributed by atoms with Crippen molar-refractivity contribution in [3.63, 3.8) is 0 Å². The summed E-state index contributed by atoms with van der Waals surface area (Å²) in [4.78, 5) is 12.1. The van der Waals surface area contributed by atoms with E-state index < -0.39 is 13.0 Å². The molecule has 0 bridgehead atoms. The Morgan fingerprint density at radius 1 is 0.947 bits per heavy atom. The van der Waals surface area contributed by atoms with Gasteiger partial charge in [-0.3, -0.25) is 4.79 Å². The summed E-state index contributed by atoms with van der Waals surface area (Å²) in [6, 6.07) is 15.0. The molecule has 0 amide bonds. The van der Waals surface area contributed by atoms with Crippen molar-refractivity contribution in [1.29, 1.82) is 0 Å². The molecule has 2 aromatic carbocycles. The van der Waals surface area contributed by atoms with E-state index >= 15 is 0 Å². The van der Waals surface area contributed by atoms with Crippen LogP contribution in [-0.4, -0.2) is 18.8 Å². The number of carbonyl (C=O) groups excluding carboxylic acids is 1. The van der Waals surface area contributed by atoms with Gasteiger partial charge in [0.05, 0.1) is 0 Å². The van der Waals surface area contributed by atoms with E-state index in [1.807, 2.05) is 6.07 Å². The monoisotopic (exact) mass is 262 g/mol. The van der Waals surface area contributed by atoms with E-state index in [4.69, 9.17) is 4.74 Å². The predicted molar refractivity (Wildman–Crippen MR) is 67.8 cm³/mol. The molecule has 4 heteroatoms. The van der Waals surface area contributed by atoms with Crippen molar-refractivity contribution in [3.05, 3.63) is 65.7 Å². The second-order valence-corrected chi connectivity index (χ2v) is 3.92. The van der Waals surface area contributed by atoms with Gasteiger partial charge in [0.15, 0.2) is 5.78 Å². The number of benzene rings is 2. The highest BCUT2D eigenvalue weighted by Crippen LogP contribution is 2.16. The van der Waals surface area contributed by atoms with Crippen LogP contribution >= 0.6 is 0 Å². The van der Waals surface area contributed by atoms with Gasteiger partial charge in [0, 0.05) is 11.1 Å². The zero-order valence-corrected chi connectivity index (χ0v) is 10.1. The Bertz CT molecular complexity index is 536. The third-order valence-corrected chi connectivity index (χ3v) is 2.53. The van der Waals surface area contributed by atoms with E-state index in [1.54, 1.807) is 36.4 Å². The van der Waals surface area contributed by atoms with Gasteiger partial charge in [-0.15, -0.1) is 0 Å². The topological polar surface area (TPSA) is 26.3 Å². The highest BCUT2D eigenvalue weighted by molar-refractivity contribution is 6.08. The third-order valence-electron chi connectivity index (χ3n) is 2.53. The lowest BCUT2D eigenvalue weighted by atomic mass is 10.0. The second kappa shape index (κ2) is 6.09. The molecule has 2 nitrogen and oxygen atoms in total. The maximum atomic E-state index is 12.1. The van der Waals surface area contributed by atoms with Crippen LogP contribution in [-0.2, 0) is 0 Å². The minimum absolute atomic E-state index is 0.110. The van der Waals surface area contributed by atoms with Gasteiger partial charge in [0.1, 0.15) is 12.4 Å². The molecule has 0 fully saturated rings. The largest absolute Gasteiger partial charge is 0.488 e.